The highest BCUT2D eigenvalue weighted by Gasteiger charge is 2.26. The lowest BCUT2D eigenvalue weighted by molar-refractivity contribution is 0.0576. The largest absolute Gasteiger partial charge is 0.379 e. The second kappa shape index (κ2) is 5.05. The number of morpholine rings is 1. The van der Waals surface area contributed by atoms with Crippen LogP contribution in [-0.4, -0.2) is 25.8 Å². The standard InChI is InChI=1S/C9H17NO.ClH/c1-2-4-8(3-1)9-7-11-6-5-10-9;/h8-10H,1-7H2;1H. The summed E-state index contributed by atoms with van der Waals surface area (Å²) in [7, 11) is 0. The monoisotopic (exact) mass is 191 g/mol. The number of nitrogens with one attached hydrogen (secondary N) is 1. The summed E-state index contributed by atoms with van der Waals surface area (Å²) in [5, 5.41) is 3.54. The van der Waals surface area contributed by atoms with E-state index in [2.05, 4.69) is 5.32 Å². The maximum Gasteiger partial charge on any atom is 0.0622 e. The van der Waals surface area contributed by atoms with E-state index in [1.807, 2.05) is 0 Å². The van der Waals surface area contributed by atoms with E-state index < -0.39 is 0 Å². The second-order valence-electron chi connectivity index (χ2n) is 3.68. The molecule has 0 bridgehead atoms. The van der Waals surface area contributed by atoms with Crippen LogP contribution in [0.4, 0.5) is 0 Å². The summed E-state index contributed by atoms with van der Waals surface area (Å²) in [5.74, 6) is 0.912. The van der Waals surface area contributed by atoms with Gasteiger partial charge in [0.1, 0.15) is 0 Å². The molecule has 0 aromatic heterocycles. The highest BCUT2D eigenvalue weighted by molar-refractivity contribution is 5.85. The van der Waals surface area contributed by atoms with Crippen LogP contribution >= 0.6 is 12.4 Å². The highest BCUT2D eigenvalue weighted by atomic mass is 35.5. The Bertz CT molecular complexity index is 120. The summed E-state index contributed by atoms with van der Waals surface area (Å²) in [4.78, 5) is 0. The molecule has 0 spiro atoms. The lowest BCUT2D eigenvalue weighted by Gasteiger charge is -2.28. The third-order valence-electron chi connectivity index (χ3n) is 2.92. The quantitative estimate of drug-likeness (QED) is 0.680. The van der Waals surface area contributed by atoms with Crippen molar-refractivity contribution < 1.29 is 4.74 Å². The van der Waals surface area contributed by atoms with Gasteiger partial charge in [-0.2, -0.15) is 0 Å². The number of hydrogen-bond acceptors (Lipinski definition) is 2. The van der Waals surface area contributed by atoms with Gasteiger partial charge in [0.25, 0.3) is 0 Å². The number of hydrogen-bond donors (Lipinski definition) is 1. The minimum atomic E-state index is 0. The van der Waals surface area contributed by atoms with E-state index in [1.165, 1.54) is 25.7 Å². The SMILES string of the molecule is C1CCC(C2COCCN2)C1.Cl. The molecule has 1 aliphatic carbocycles. The van der Waals surface area contributed by atoms with Crippen molar-refractivity contribution in [3.8, 4) is 0 Å². The smallest absolute Gasteiger partial charge is 0.0622 e. The normalized spacial score (nSPS) is 31.5. The number of ether oxygens (including phenoxy) is 1. The molecule has 3 heteroatoms. The molecule has 12 heavy (non-hydrogen) atoms. The second-order valence-corrected chi connectivity index (χ2v) is 3.68. The summed E-state index contributed by atoms with van der Waals surface area (Å²) in [6.45, 7) is 2.91. The van der Waals surface area contributed by atoms with Gasteiger partial charge in [-0.3, -0.25) is 0 Å². The van der Waals surface area contributed by atoms with Crippen molar-refractivity contribution in [3.63, 3.8) is 0 Å². The lowest BCUT2D eigenvalue weighted by atomic mass is 9.98. The topological polar surface area (TPSA) is 21.3 Å². The van der Waals surface area contributed by atoms with E-state index in [1.54, 1.807) is 0 Å². The number of halogens is 1. The Hall–Kier alpha value is 0.210. The molecule has 1 heterocycles. The zero-order valence-corrected chi connectivity index (χ0v) is 8.24. The first-order valence-electron chi connectivity index (χ1n) is 4.78. The first-order valence-corrected chi connectivity index (χ1v) is 4.78. The molecule has 2 fully saturated rings. The fraction of sp³-hybridized carbons (Fsp3) is 1.00. The van der Waals surface area contributed by atoms with Gasteiger partial charge in [-0.05, 0) is 18.8 Å². The summed E-state index contributed by atoms with van der Waals surface area (Å²) in [5.41, 5.74) is 0. The summed E-state index contributed by atoms with van der Waals surface area (Å²) >= 11 is 0. The summed E-state index contributed by atoms with van der Waals surface area (Å²) in [6.07, 6.45) is 5.70. The highest BCUT2D eigenvalue weighted by Crippen LogP contribution is 2.28. The predicted molar refractivity (Wildman–Crippen MR) is 51.8 cm³/mol. The summed E-state index contributed by atoms with van der Waals surface area (Å²) < 4.78 is 5.43. The maximum absolute atomic E-state index is 5.43. The van der Waals surface area contributed by atoms with Crippen LogP contribution in [0.15, 0.2) is 0 Å². The fourth-order valence-electron chi connectivity index (χ4n) is 2.25. The van der Waals surface area contributed by atoms with Crippen molar-refractivity contribution in [1.82, 2.24) is 5.32 Å². The molecule has 1 aliphatic heterocycles. The molecular formula is C9H18ClNO. The molecule has 2 nitrogen and oxygen atoms in total. The molecule has 1 saturated carbocycles. The van der Waals surface area contributed by atoms with Crippen molar-refractivity contribution in [2.75, 3.05) is 19.8 Å². The molecular weight excluding hydrogens is 174 g/mol. The van der Waals surface area contributed by atoms with E-state index in [4.69, 9.17) is 4.74 Å². The third-order valence-corrected chi connectivity index (χ3v) is 2.92. The van der Waals surface area contributed by atoms with E-state index >= 15 is 0 Å². The van der Waals surface area contributed by atoms with Crippen LogP contribution in [0.3, 0.4) is 0 Å². The third kappa shape index (κ3) is 2.35. The van der Waals surface area contributed by atoms with Gasteiger partial charge in [-0.15, -0.1) is 12.4 Å². The number of rotatable bonds is 1. The molecule has 1 unspecified atom stereocenters. The molecule has 0 amide bonds. The Morgan fingerprint density at radius 3 is 2.50 bits per heavy atom. The minimum absolute atomic E-state index is 0. The molecule has 1 atom stereocenters. The Kier molecular flexibility index (Phi) is 4.33. The molecule has 72 valence electrons. The van der Waals surface area contributed by atoms with Gasteiger partial charge in [0.2, 0.25) is 0 Å². The van der Waals surface area contributed by atoms with Crippen molar-refractivity contribution in [3.05, 3.63) is 0 Å². The molecule has 0 aromatic carbocycles. The molecule has 1 N–H and O–H groups in total. The minimum Gasteiger partial charge on any atom is -0.379 e. The van der Waals surface area contributed by atoms with Crippen molar-refractivity contribution in [2.45, 2.75) is 31.7 Å². The zero-order chi connectivity index (χ0) is 7.52. The first-order chi connectivity index (χ1) is 5.47. The van der Waals surface area contributed by atoms with Crippen molar-refractivity contribution in [2.24, 2.45) is 5.92 Å². The van der Waals surface area contributed by atoms with E-state index in [0.717, 1.165) is 25.7 Å². The van der Waals surface area contributed by atoms with Gasteiger partial charge in [0.15, 0.2) is 0 Å². The van der Waals surface area contributed by atoms with Gasteiger partial charge in [0.05, 0.1) is 13.2 Å². The van der Waals surface area contributed by atoms with Gasteiger partial charge < -0.3 is 10.1 Å². The Labute approximate surface area is 80.5 Å². The molecule has 0 radical (unpaired) electrons. The van der Waals surface area contributed by atoms with Crippen molar-refractivity contribution in [1.29, 1.82) is 0 Å². The van der Waals surface area contributed by atoms with Crippen molar-refractivity contribution >= 4 is 12.4 Å². The zero-order valence-electron chi connectivity index (χ0n) is 7.42. The molecule has 2 aliphatic rings. The maximum atomic E-state index is 5.43. The predicted octanol–water partition coefficient (Wildman–Crippen LogP) is 1.59. The van der Waals surface area contributed by atoms with E-state index in [9.17, 15) is 0 Å². The van der Waals surface area contributed by atoms with Crippen LogP contribution in [0.25, 0.3) is 0 Å². The first kappa shape index (κ1) is 10.3. The van der Waals surface area contributed by atoms with E-state index in [-0.39, 0.29) is 12.4 Å². The Morgan fingerprint density at radius 2 is 1.92 bits per heavy atom. The average molecular weight is 192 g/mol. The molecule has 1 saturated heterocycles. The summed E-state index contributed by atoms with van der Waals surface area (Å²) in [6, 6.07) is 0.672. The van der Waals surface area contributed by atoms with Gasteiger partial charge in [-0.25, -0.2) is 0 Å². The average Bonchev–Trinajstić information content (AvgIpc) is 2.58. The van der Waals surface area contributed by atoms with Gasteiger partial charge in [-0.1, -0.05) is 12.8 Å². The van der Waals surface area contributed by atoms with Crippen LogP contribution in [0.5, 0.6) is 0 Å². The van der Waals surface area contributed by atoms with Crippen LogP contribution < -0.4 is 5.32 Å². The fourth-order valence-corrected chi connectivity index (χ4v) is 2.25. The van der Waals surface area contributed by atoms with E-state index in [0.29, 0.717) is 6.04 Å². The lowest BCUT2D eigenvalue weighted by Crippen LogP contribution is -2.45. The molecule has 0 aromatic rings. The Morgan fingerprint density at radius 1 is 1.17 bits per heavy atom. The Balaban J connectivity index is 0.000000720. The van der Waals surface area contributed by atoms with Crippen LogP contribution in [0.2, 0.25) is 0 Å². The van der Waals surface area contributed by atoms with Crippen LogP contribution in [0, 0.1) is 5.92 Å². The van der Waals surface area contributed by atoms with Gasteiger partial charge >= 0.3 is 0 Å². The van der Waals surface area contributed by atoms with Gasteiger partial charge in [0, 0.05) is 12.6 Å². The molecule has 2 rings (SSSR count). The van der Waals surface area contributed by atoms with Crippen LogP contribution in [0.1, 0.15) is 25.7 Å². The van der Waals surface area contributed by atoms with Crippen LogP contribution in [-0.2, 0) is 4.74 Å².